The van der Waals surface area contributed by atoms with Crippen molar-refractivity contribution in [1.82, 2.24) is 0 Å². The molecule has 0 unspecified atom stereocenters. The highest BCUT2D eigenvalue weighted by atomic mass is 32.2. The number of hydrogen-bond donors (Lipinski definition) is 0. The lowest BCUT2D eigenvalue weighted by Crippen LogP contribution is -2.12. The lowest BCUT2D eigenvalue weighted by molar-refractivity contribution is 0.306. The molecule has 0 fully saturated rings. The second-order valence-corrected chi connectivity index (χ2v) is 7.68. The molecule has 0 aromatic heterocycles. The van der Waals surface area contributed by atoms with Gasteiger partial charge in [-0.15, -0.1) is 0 Å². The van der Waals surface area contributed by atoms with Crippen LogP contribution in [0.1, 0.15) is 18.1 Å². The van der Waals surface area contributed by atoms with Gasteiger partial charge >= 0.3 is 10.1 Å². The Bertz CT molecular complexity index is 1010. The smallest absolute Gasteiger partial charge is 0.342 e. The molecule has 0 radical (unpaired) electrons. The van der Waals surface area contributed by atoms with Crippen molar-refractivity contribution in [3.05, 3.63) is 83.9 Å². The van der Waals surface area contributed by atoms with E-state index in [2.05, 4.69) is 0 Å². The fourth-order valence-electron chi connectivity index (χ4n) is 2.59. The van der Waals surface area contributed by atoms with Crippen LogP contribution in [0, 0.1) is 6.92 Å². The molecule has 0 bridgehead atoms. The summed E-state index contributed by atoms with van der Waals surface area (Å²) >= 11 is 0. The van der Waals surface area contributed by atoms with Crippen LogP contribution < -0.4 is 13.7 Å². The van der Waals surface area contributed by atoms with Crippen molar-refractivity contribution in [1.29, 1.82) is 0 Å². The zero-order valence-electron chi connectivity index (χ0n) is 15.8. The zero-order valence-corrected chi connectivity index (χ0v) is 16.6. The van der Waals surface area contributed by atoms with Gasteiger partial charge in [-0.3, -0.25) is 0 Å². The van der Waals surface area contributed by atoms with Gasteiger partial charge in [0.15, 0.2) is 0 Å². The summed E-state index contributed by atoms with van der Waals surface area (Å²) in [6.45, 7) is 4.40. The third-order valence-corrected chi connectivity index (χ3v) is 5.22. The Hall–Kier alpha value is -2.99. The molecule has 0 heterocycles. The average molecular weight is 398 g/mol. The molecule has 0 saturated heterocycles. The van der Waals surface area contributed by atoms with Crippen LogP contribution in [0.3, 0.4) is 0 Å². The highest BCUT2D eigenvalue weighted by Gasteiger charge is 2.22. The van der Waals surface area contributed by atoms with Crippen molar-refractivity contribution in [3.8, 4) is 17.2 Å². The Morgan fingerprint density at radius 2 is 1.50 bits per heavy atom. The molecule has 0 saturated carbocycles. The van der Waals surface area contributed by atoms with Crippen LogP contribution in [0.2, 0.25) is 0 Å². The largest absolute Gasteiger partial charge is 0.492 e. The molecule has 0 atom stereocenters. The first-order valence-electron chi connectivity index (χ1n) is 8.92. The summed E-state index contributed by atoms with van der Waals surface area (Å²) in [5.74, 6) is 1.10. The maximum atomic E-state index is 12.7. The van der Waals surface area contributed by atoms with Gasteiger partial charge in [0.1, 0.15) is 28.8 Å². The molecule has 28 heavy (non-hydrogen) atoms. The van der Waals surface area contributed by atoms with Crippen molar-refractivity contribution < 1.29 is 22.1 Å². The van der Waals surface area contributed by atoms with Crippen molar-refractivity contribution in [3.63, 3.8) is 0 Å². The normalized spacial score (nSPS) is 11.1. The highest BCUT2D eigenvalue weighted by Crippen LogP contribution is 2.29. The minimum atomic E-state index is -4.02. The Kier molecular flexibility index (Phi) is 6.21. The first kappa shape index (κ1) is 19.8. The van der Waals surface area contributed by atoms with Gasteiger partial charge in [0.2, 0.25) is 0 Å². The zero-order chi connectivity index (χ0) is 20.0. The topological polar surface area (TPSA) is 61.8 Å². The number of ether oxygens (including phenoxy) is 2. The van der Waals surface area contributed by atoms with E-state index in [1.54, 1.807) is 43.3 Å². The average Bonchev–Trinajstić information content (AvgIpc) is 2.69. The first-order chi connectivity index (χ1) is 13.5. The molecule has 6 heteroatoms. The summed E-state index contributed by atoms with van der Waals surface area (Å²) in [5, 5.41) is 0. The summed E-state index contributed by atoms with van der Waals surface area (Å²) < 4.78 is 41.8. The van der Waals surface area contributed by atoms with Gasteiger partial charge in [-0.25, -0.2) is 0 Å². The molecule has 0 amide bonds. The Morgan fingerprint density at radius 1 is 0.821 bits per heavy atom. The summed E-state index contributed by atoms with van der Waals surface area (Å²) in [6.07, 6.45) is 0. The van der Waals surface area contributed by atoms with Gasteiger partial charge in [-0.2, -0.15) is 8.42 Å². The van der Waals surface area contributed by atoms with E-state index < -0.39 is 10.1 Å². The molecule has 5 nitrogen and oxygen atoms in total. The van der Waals surface area contributed by atoms with Crippen LogP contribution in [0.4, 0.5) is 0 Å². The Morgan fingerprint density at radius 3 is 2.18 bits per heavy atom. The summed E-state index contributed by atoms with van der Waals surface area (Å²) in [4.78, 5) is 0.0127. The van der Waals surface area contributed by atoms with Crippen LogP contribution in [0.25, 0.3) is 0 Å². The van der Waals surface area contributed by atoms with E-state index in [1.807, 2.05) is 37.3 Å². The van der Waals surface area contributed by atoms with Gasteiger partial charge in [0, 0.05) is 0 Å². The minimum Gasteiger partial charge on any atom is -0.492 e. The highest BCUT2D eigenvalue weighted by molar-refractivity contribution is 7.87. The van der Waals surface area contributed by atoms with Crippen LogP contribution in [-0.2, 0) is 16.7 Å². The lowest BCUT2D eigenvalue weighted by atomic mass is 10.2. The van der Waals surface area contributed by atoms with Crippen LogP contribution in [0.15, 0.2) is 77.7 Å². The molecule has 0 aliphatic carbocycles. The second-order valence-electron chi connectivity index (χ2n) is 6.17. The first-order valence-corrected chi connectivity index (χ1v) is 10.3. The van der Waals surface area contributed by atoms with E-state index in [9.17, 15) is 8.42 Å². The summed E-state index contributed by atoms with van der Waals surface area (Å²) in [6, 6.07) is 21.2. The molecule has 3 aromatic carbocycles. The van der Waals surface area contributed by atoms with Gasteiger partial charge in [-0.1, -0.05) is 36.4 Å². The minimum absolute atomic E-state index is 0.0127. The fourth-order valence-corrected chi connectivity index (χ4v) is 3.75. The standard InChI is InChI=1S/C22H22O5S/c1-3-25-21-14-9-17(2)15-22(21)28(23,24)27-20-12-10-19(11-13-20)26-16-18-7-5-4-6-8-18/h4-15H,3,16H2,1-2H3. The third-order valence-electron chi connectivity index (χ3n) is 3.95. The molecular formula is C22H22O5S. The molecule has 0 N–H and O–H groups in total. The van der Waals surface area contributed by atoms with Crippen LogP contribution >= 0.6 is 0 Å². The molecular weight excluding hydrogens is 376 g/mol. The molecule has 146 valence electrons. The molecule has 0 spiro atoms. The summed E-state index contributed by atoms with van der Waals surface area (Å²) in [5.41, 5.74) is 1.85. The molecule has 0 aliphatic rings. The van der Waals surface area contributed by atoms with Gasteiger partial charge < -0.3 is 13.7 Å². The van der Waals surface area contributed by atoms with Crippen molar-refractivity contribution in [2.75, 3.05) is 6.61 Å². The van der Waals surface area contributed by atoms with Gasteiger partial charge in [-0.05, 0) is 61.4 Å². The molecule has 0 aliphatic heterocycles. The lowest BCUT2D eigenvalue weighted by Gasteiger charge is -2.13. The fraction of sp³-hybridized carbons (Fsp3) is 0.182. The number of rotatable bonds is 8. The van der Waals surface area contributed by atoms with Crippen molar-refractivity contribution >= 4 is 10.1 Å². The van der Waals surface area contributed by atoms with Crippen molar-refractivity contribution in [2.45, 2.75) is 25.3 Å². The third kappa shape index (κ3) is 5.04. The predicted molar refractivity (Wildman–Crippen MR) is 107 cm³/mol. The van der Waals surface area contributed by atoms with E-state index in [-0.39, 0.29) is 16.4 Å². The molecule has 3 rings (SSSR count). The predicted octanol–water partition coefficient (Wildman–Crippen LogP) is 4.74. The number of aryl methyl sites for hydroxylation is 1. The van der Waals surface area contributed by atoms with Gasteiger partial charge in [0.05, 0.1) is 6.61 Å². The van der Waals surface area contributed by atoms with E-state index in [0.717, 1.165) is 11.1 Å². The Balaban J connectivity index is 1.72. The number of benzene rings is 3. The van der Waals surface area contributed by atoms with E-state index in [1.165, 1.54) is 6.07 Å². The number of hydrogen-bond acceptors (Lipinski definition) is 5. The monoisotopic (exact) mass is 398 g/mol. The second kappa shape index (κ2) is 8.80. The summed E-state index contributed by atoms with van der Waals surface area (Å²) in [7, 11) is -4.02. The SMILES string of the molecule is CCOc1ccc(C)cc1S(=O)(=O)Oc1ccc(OCc2ccccc2)cc1. The van der Waals surface area contributed by atoms with Crippen LogP contribution in [-0.4, -0.2) is 15.0 Å². The molecule has 3 aromatic rings. The van der Waals surface area contributed by atoms with Crippen molar-refractivity contribution in [2.24, 2.45) is 0 Å². The van der Waals surface area contributed by atoms with E-state index in [0.29, 0.717) is 19.0 Å². The maximum absolute atomic E-state index is 12.7. The maximum Gasteiger partial charge on any atom is 0.342 e. The van der Waals surface area contributed by atoms with E-state index in [4.69, 9.17) is 13.7 Å². The van der Waals surface area contributed by atoms with E-state index >= 15 is 0 Å². The van der Waals surface area contributed by atoms with Crippen LogP contribution in [0.5, 0.6) is 17.2 Å². The Labute approximate surface area is 165 Å². The van der Waals surface area contributed by atoms with Gasteiger partial charge in [0.25, 0.3) is 0 Å². The quantitative estimate of drug-likeness (QED) is 0.513.